The number of hydrogen-bond donors (Lipinski definition) is 2. The molecule has 31 heavy (non-hydrogen) atoms. The number of nitrogens with one attached hydrogen (secondary N) is 2. The fraction of sp³-hybridized carbons (Fsp3) is 0.682. The summed E-state index contributed by atoms with van der Waals surface area (Å²) < 4.78 is 6.90. The van der Waals surface area contributed by atoms with E-state index in [1.165, 1.54) is 44.9 Å². The molecule has 2 N–H and O–H groups in total. The van der Waals surface area contributed by atoms with E-state index >= 15 is 0 Å². The lowest BCUT2D eigenvalue weighted by atomic mass is 9.79. The van der Waals surface area contributed by atoms with E-state index in [0.29, 0.717) is 35.4 Å². The van der Waals surface area contributed by atoms with Crippen LogP contribution in [0.15, 0.2) is 15.6 Å². The Balaban J connectivity index is 1.54. The van der Waals surface area contributed by atoms with Crippen LogP contribution in [0.1, 0.15) is 71.8 Å². The Morgan fingerprint density at radius 3 is 2.55 bits per heavy atom. The molecule has 3 heterocycles. The van der Waals surface area contributed by atoms with Crippen molar-refractivity contribution in [3.8, 4) is 11.6 Å². The average Bonchev–Trinajstić information content (AvgIpc) is 3.33. The van der Waals surface area contributed by atoms with E-state index < -0.39 is 5.76 Å². The van der Waals surface area contributed by atoms with Crippen molar-refractivity contribution in [1.82, 2.24) is 29.7 Å². The van der Waals surface area contributed by atoms with Gasteiger partial charge in [-0.1, -0.05) is 31.3 Å². The van der Waals surface area contributed by atoms with E-state index in [-0.39, 0.29) is 5.82 Å². The fourth-order valence-corrected chi connectivity index (χ4v) is 5.06. The number of H-pyrrole nitrogens is 1. The van der Waals surface area contributed by atoms with Crippen LogP contribution in [0.2, 0.25) is 0 Å². The van der Waals surface area contributed by atoms with Crippen molar-refractivity contribution in [2.24, 2.45) is 17.8 Å². The van der Waals surface area contributed by atoms with Crippen molar-refractivity contribution >= 4 is 17.0 Å². The SMILES string of the molecule is CC1CCC(C(C)n2cnc3nc(-c4noc(=O)[nH]4)nc(N[C@H](C)C4CCC4)c32)CC1. The number of anilines is 1. The van der Waals surface area contributed by atoms with Crippen LogP contribution in [-0.2, 0) is 0 Å². The molecule has 2 fully saturated rings. The van der Waals surface area contributed by atoms with Gasteiger partial charge in [-0.3, -0.25) is 9.51 Å². The number of aromatic nitrogens is 6. The van der Waals surface area contributed by atoms with E-state index in [1.54, 1.807) is 0 Å². The highest BCUT2D eigenvalue weighted by Crippen LogP contribution is 2.38. The van der Waals surface area contributed by atoms with Crippen LogP contribution < -0.4 is 11.1 Å². The normalized spacial score (nSPS) is 24.1. The van der Waals surface area contributed by atoms with Gasteiger partial charge < -0.3 is 9.88 Å². The maximum absolute atomic E-state index is 11.4. The molecule has 0 spiro atoms. The molecule has 0 saturated heterocycles. The summed E-state index contributed by atoms with van der Waals surface area (Å²) in [6.45, 7) is 6.84. The first-order chi connectivity index (χ1) is 15.0. The second kappa shape index (κ2) is 8.09. The summed E-state index contributed by atoms with van der Waals surface area (Å²) in [7, 11) is 0. The zero-order valence-electron chi connectivity index (χ0n) is 18.5. The number of hydrogen-bond acceptors (Lipinski definition) is 7. The molecular weight excluding hydrogens is 394 g/mol. The van der Waals surface area contributed by atoms with E-state index in [4.69, 9.17) is 4.98 Å². The standard InChI is InChI=1S/C22H31N7O2/c1-12-7-9-16(10-8-12)14(3)29-11-23-18-17(29)19(24-13(2)15-5-4-6-15)26-20(25-18)21-27-22(30)31-28-21/h11-16H,4-10H2,1-3H3,(H,24,25,26)(H,27,28,30)/t12?,13-,14?,16?/m1/s1. The van der Waals surface area contributed by atoms with Gasteiger partial charge in [0, 0.05) is 12.1 Å². The van der Waals surface area contributed by atoms with Crippen LogP contribution in [0, 0.1) is 17.8 Å². The Bertz CT molecular complexity index is 1100. The molecule has 5 rings (SSSR count). The minimum Gasteiger partial charge on any atom is -0.365 e. The van der Waals surface area contributed by atoms with Gasteiger partial charge in [-0.25, -0.2) is 19.7 Å². The predicted octanol–water partition coefficient (Wildman–Crippen LogP) is 4.16. The Morgan fingerprint density at radius 2 is 1.90 bits per heavy atom. The zero-order chi connectivity index (χ0) is 21.5. The molecule has 2 aliphatic rings. The van der Waals surface area contributed by atoms with Crippen LogP contribution >= 0.6 is 0 Å². The van der Waals surface area contributed by atoms with Crippen LogP contribution in [0.4, 0.5) is 5.82 Å². The summed E-state index contributed by atoms with van der Waals surface area (Å²) in [5, 5.41) is 7.40. The molecular formula is C22H31N7O2. The fourth-order valence-electron chi connectivity index (χ4n) is 5.06. The topological polar surface area (TPSA) is 115 Å². The number of fused-ring (bicyclic) bond motifs is 1. The van der Waals surface area contributed by atoms with Gasteiger partial charge >= 0.3 is 5.76 Å². The highest BCUT2D eigenvalue weighted by atomic mass is 16.5. The molecule has 2 atom stereocenters. The van der Waals surface area contributed by atoms with E-state index in [1.807, 2.05) is 6.33 Å². The molecule has 3 aromatic rings. The minimum atomic E-state index is -0.623. The Kier molecular flexibility index (Phi) is 5.27. The predicted molar refractivity (Wildman–Crippen MR) is 118 cm³/mol. The Labute approximate surface area is 181 Å². The average molecular weight is 426 g/mol. The second-order valence-electron chi connectivity index (χ2n) is 9.55. The molecule has 0 radical (unpaired) electrons. The molecule has 0 aromatic carbocycles. The van der Waals surface area contributed by atoms with Crippen LogP contribution in [0.25, 0.3) is 22.8 Å². The lowest BCUT2D eigenvalue weighted by molar-refractivity contribution is 0.227. The summed E-state index contributed by atoms with van der Waals surface area (Å²) >= 11 is 0. The molecule has 3 aromatic heterocycles. The van der Waals surface area contributed by atoms with Gasteiger partial charge in [0.15, 0.2) is 11.5 Å². The smallest absolute Gasteiger partial charge is 0.365 e. The number of nitrogens with zero attached hydrogens (tertiary/aromatic N) is 5. The zero-order valence-corrected chi connectivity index (χ0v) is 18.5. The first-order valence-electron chi connectivity index (χ1n) is 11.6. The molecule has 2 saturated carbocycles. The quantitative estimate of drug-likeness (QED) is 0.609. The number of aromatic amines is 1. The van der Waals surface area contributed by atoms with Crippen molar-refractivity contribution in [2.75, 3.05) is 5.32 Å². The Hall–Kier alpha value is -2.71. The molecule has 0 amide bonds. The van der Waals surface area contributed by atoms with Gasteiger partial charge in [0.2, 0.25) is 11.6 Å². The van der Waals surface area contributed by atoms with Crippen LogP contribution in [0.5, 0.6) is 0 Å². The monoisotopic (exact) mass is 425 g/mol. The van der Waals surface area contributed by atoms with Crippen molar-refractivity contribution in [2.45, 2.75) is 77.8 Å². The number of imidazole rings is 1. The molecule has 2 aliphatic carbocycles. The maximum Gasteiger partial charge on any atom is 0.439 e. The maximum atomic E-state index is 11.4. The Morgan fingerprint density at radius 1 is 1.13 bits per heavy atom. The van der Waals surface area contributed by atoms with Crippen molar-refractivity contribution < 1.29 is 4.52 Å². The summed E-state index contributed by atoms with van der Waals surface area (Å²) in [6.07, 6.45) is 10.7. The van der Waals surface area contributed by atoms with E-state index in [0.717, 1.165) is 17.3 Å². The summed E-state index contributed by atoms with van der Waals surface area (Å²) in [4.78, 5) is 28.0. The molecule has 166 valence electrons. The molecule has 0 bridgehead atoms. The lowest BCUT2D eigenvalue weighted by Gasteiger charge is -2.33. The lowest BCUT2D eigenvalue weighted by Crippen LogP contribution is -2.31. The second-order valence-corrected chi connectivity index (χ2v) is 9.55. The van der Waals surface area contributed by atoms with Gasteiger partial charge in [0.25, 0.3) is 0 Å². The van der Waals surface area contributed by atoms with Crippen molar-refractivity contribution in [3.05, 3.63) is 16.9 Å². The molecule has 9 nitrogen and oxygen atoms in total. The minimum absolute atomic E-state index is 0.218. The first kappa shape index (κ1) is 20.2. The van der Waals surface area contributed by atoms with Gasteiger partial charge in [-0.05, 0) is 57.3 Å². The summed E-state index contributed by atoms with van der Waals surface area (Å²) in [6, 6.07) is 0.614. The third-order valence-corrected chi connectivity index (χ3v) is 7.48. The van der Waals surface area contributed by atoms with Gasteiger partial charge in [-0.15, -0.1) is 0 Å². The highest BCUT2D eigenvalue weighted by Gasteiger charge is 2.29. The van der Waals surface area contributed by atoms with Crippen molar-refractivity contribution in [1.29, 1.82) is 0 Å². The molecule has 0 aliphatic heterocycles. The van der Waals surface area contributed by atoms with Gasteiger partial charge in [-0.2, -0.15) is 0 Å². The van der Waals surface area contributed by atoms with E-state index in [9.17, 15) is 4.79 Å². The number of rotatable bonds is 6. The molecule has 1 unspecified atom stereocenters. The summed E-state index contributed by atoms with van der Waals surface area (Å²) in [5.41, 5.74) is 1.53. The van der Waals surface area contributed by atoms with E-state index in [2.05, 4.69) is 55.3 Å². The third kappa shape index (κ3) is 3.85. The first-order valence-corrected chi connectivity index (χ1v) is 11.6. The summed E-state index contributed by atoms with van der Waals surface area (Å²) in [5.74, 6) is 2.74. The molecule has 9 heteroatoms. The third-order valence-electron chi connectivity index (χ3n) is 7.48. The van der Waals surface area contributed by atoms with Crippen LogP contribution in [-0.4, -0.2) is 35.7 Å². The largest absolute Gasteiger partial charge is 0.439 e. The van der Waals surface area contributed by atoms with Crippen LogP contribution in [0.3, 0.4) is 0 Å². The van der Waals surface area contributed by atoms with Gasteiger partial charge in [0.1, 0.15) is 5.52 Å². The van der Waals surface area contributed by atoms with Crippen molar-refractivity contribution in [3.63, 3.8) is 0 Å². The van der Waals surface area contributed by atoms with Gasteiger partial charge in [0.05, 0.1) is 6.33 Å². The highest BCUT2D eigenvalue weighted by molar-refractivity contribution is 5.85.